The number of hydrogen-bond acceptors (Lipinski definition) is 5. The van der Waals surface area contributed by atoms with Gasteiger partial charge in [-0.05, 0) is 24.3 Å². The molecule has 0 fully saturated rings. The molecule has 184 valence electrons. The van der Waals surface area contributed by atoms with Crippen molar-refractivity contribution in [3.8, 4) is 0 Å². The lowest BCUT2D eigenvalue weighted by Gasteiger charge is -2.30. The van der Waals surface area contributed by atoms with Crippen LogP contribution in [0, 0.1) is 5.41 Å². The molecule has 1 heterocycles. The molecule has 1 aromatic heterocycles. The zero-order valence-electron chi connectivity index (χ0n) is 18.9. The van der Waals surface area contributed by atoms with E-state index in [1.807, 2.05) is 0 Å². The van der Waals surface area contributed by atoms with Crippen LogP contribution in [-0.4, -0.2) is 63.3 Å². The molecule has 0 saturated carbocycles. The number of aliphatic hydroxyl groups excluding tert-OH is 2. The summed E-state index contributed by atoms with van der Waals surface area (Å²) in [6, 6.07) is 5.92. The average Bonchev–Trinajstić information content (AvgIpc) is 3.10. The molecule has 2 rings (SSSR count). The van der Waals surface area contributed by atoms with E-state index in [9.17, 15) is 27.9 Å². The van der Waals surface area contributed by atoms with Gasteiger partial charge in [-0.1, -0.05) is 39.0 Å². The van der Waals surface area contributed by atoms with Crippen LogP contribution >= 0.6 is 0 Å². The van der Waals surface area contributed by atoms with E-state index in [4.69, 9.17) is 5.11 Å². The van der Waals surface area contributed by atoms with Gasteiger partial charge in [-0.25, -0.2) is 0 Å². The second kappa shape index (κ2) is 11.0. The standard InChI is InChI=1S/C22H31F3N4O4/c1-21(2,3)18(20(33)26-12-14(31)13-30)27-19(32)17-15-8-4-5-9-16(15)29(28-17)11-7-6-10-22(23,24)25/h4-5,8-9,14,18,30-31H,6-7,10-13H2,1-3H3,(H,26,33)(H,27,32)/t14?,18-/m1/s1. The monoisotopic (exact) mass is 472 g/mol. The third-order valence-electron chi connectivity index (χ3n) is 5.08. The summed E-state index contributed by atoms with van der Waals surface area (Å²) in [5.41, 5.74) is -0.00350. The van der Waals surface area contributed by atoms with Crippen molar-refractivity contribution < 1.29 is 33.0 Å². The first-order valence-corrected chi connectivity index (χ1v) is 10.7. The molecule has 0 aliphatic carbocycles. The molecule has 4 N–H and O–H groups in total. The van der Waals surface area contributed by atoms with Gasteiger partial charge in [0.1, 0.15) is 6.04 Å². The van der Waals surface area contributed by atoms with E-state index in [0.717, 1.165) is 0 Å². The van der Waals surface area contributed by atoms with Crippen LogP contribution in [0.2, 0.25) is 0 Å². The molecule has 11 heteroatoms. The summed E-state index contributed by atoms with van der Waals surface area (Å²) in [6.45, 7) is 4.81. The van der Waals surface area contributed by atoms with Crippen LogP contribution in [0.5, 0.6) is 0 Å². The molecule has 2 amide bonds. The first-order chi connectivity index (χ1) is 15.3. The topological polar surface area (TPSA) is 116 Å². The van der Waals surface area contributed by atoms with Crippen LogP contribution in [0.4, 0.5) is 13.2 Å². The van der Waals surface area contributed by atoms with Crippen molar-refractivity contribution in [1.29, 1.82) is 0 Å². The van der Waals surface area contributed by atoms with Gasteiger partial charge in [0.25, 0.3) is 5.91 Å². The zero-order valence-corrected chi connectivity index (χ0v) is 18.9. The second-order valence-corrected chi connectivity index (χ2v) is 9.02. The number of alkyl halides is 3. The predicted molar refractivity (Wildman–Crippen MR) is 116 cm³/mol. The van der Waals surface area contributed by atoms with E-state index < -0.39 is 48.6 Å². The lowest BCUT2D eigenvalue weighted by molar-refractivity contribution is -0.135. The molecule has 1 unspecified atom stereocenters. The highest BCUT2D eigenvalue weighted by Crippen LogP contribution is 2.24. The minimum Gasteiger partial charge on any atom is -0.394 e. The Morgan fingerprint density at radius 2 is 1.82 bits per heavy atom. The molecule has 0 aliphatic rings. The summed E-state index contributed by atoms with van der Waals surface area (Å²) >= 11 is 0. The first-order valence-electron chi connectivity index (χ1n) is 10.7. The highest BCUT2D eigenvalue weighted by Gasteiger charge is 2.34. The number of aryl methyl sites for hydroxylation is 1. The molecule has 0 bridgehead atoms. The smallest absolute Gasteiger partial charge is 0.389 e. The Hall–Kier alpha value is -2.66. The van der Waals surface area contributed by atoms with Crippen molar-refractivity contribution in [1.82, 2.24) is 20.4 Å². The molecule has 2 atom stereocenters. The Morgan fingerprint density at radius 3 is 2.42 bits per heavy atom. The molecular weight excluding hydrogens is 441 g/mol. The largest absolute Gasteiger partial charge is 0.394 e. The highest BCUT2D eigenvalue weighted by molar-refractivity contribution is 6.06. The lowest BCUT2D eigenvalue weighted by Crippen LogP contribution is -2.54. The summed E-state index contributed by atoms with van der Waals surface area (Å²) < 4.78 is 38.7. The second-order valence-electron chi connectivity index (χ2n) is 9.02. The number of aromatic nitrogens is 2. The minimum atomic E-state index is -4.22. The molecule has 33 heavy (non-hydrogen) atoms. The number of halogens is 3. The average molecular weight is 473 g/mol. The maximum Gasteiger partial charge on any atom is 0.389 e. The Labute approximate surface area is 190 Å². The lowest BCUT2D eigenvalue weighted by atomic mass is 9.86. The third-order valence-corrected chi connectivity index (χ3v) is 5.08. The Kier molecular flexibility index (Phi) is 8.84. The van der Waals surface area contributed by atoms with Gasteiger partial charge in [0.05, 0.1) is 18.2 Å². The van der Waals surface area contributed by atoms with Gasteiger partial charge in [0.2, 0.25) is 5.91 Å². The molecule has 8 nitrogen and oxygen atoms in total. The number of hydrogen-bond donors (Lipinski definition) is 4. The van der Waals surface area contributed by atoms with Crippen LogP contribution in [0.3, 0.4) is 0 Å². The van der Waals surface area contributed by atoms with Gasteiger partial charge < -0.3 is 20.8 Å². The number of nitrogens with one attached hydrogen (secondary N) is 2. The molecule has 0 aliphatic heterocycles. The number of amides is 2. The van der Waals surface area contributed by atoms with Crippen molar-refractivity contribution in [3.63, 3.8) is 0 Å². The van der Waals surface area contributed by atoms with Crippen molar-refractivity contribution in [2.45, 2.75) is 64.9 Å². The van der Waals surface area contributed by atoms with Gasteiger partial charge >= 0.3 is 6.18 Å². The van der Waals surface area contributed by atoms with Gasteiger partial charge in [0.15, 0.2) is 5.69 Å². The van der Waals surface area contributed by atoms with E-state index >= 15 is 0 Å². The van der Waals surface area contributed by atoms with E-state index in [2.05, 4.69) is 15.7 Å². The number of para-hydroxylation sites is 1. The van der Waals surface area contributed by atoms with Crippen LogP contribution in [0.25, 0.3) is 10.9 Å². The Bertz CT molecular complexity index is 953. The van der Waals surface area contributed by atoms with Gasteiger partial charge in [-0.3, -0.25) is 14.3 Å². The van der Waals surface area contributed by atoms with Crippen LogP contribution in [0.15, 0.2) is 24.3 Å². The maximum atomic E-state index is 13.1. The van der Waals surface area contributed by atoms with Crippen LogP contribution in [0.1, 0.15) is 50.5 Å². The van der Waals surface area contributed by atoms with E-state index in [0.29, 0.717) is 10.9 Å². The summed E-state index contributed by atoms with van der Waals surface area (Å²) in [6.07, 6.45) is -6.03. The Morgan fingerprint density at radius 1 is 1.15 bits per heavy atom. The Balaban J connectivity index is 2.20. The molecular formula is C22H31F3N4O4. The normalized spacial score (nSPS) is 14.2. The third kappa shape index (κ3) is 7.71. The van der Waals surface area contributed by atoms with Crippen molar-refractivity contribution >= 4 is 22.7 Å². The fourth-order valence-electron chi connectivity index (χ4n) is 3.31. The fraction of sp³-hybridized carbons (Fsp3) is 0.591. The van der Waals surface area contributed by atoms with Crippen molar-refractivity contribution in [2.75, 3.05) is 13.2 Å². The maximum absolute atomic E-state index is 13.1. The fourth-order valence-corrected chi connectivity index (χ4v) is 3.31. The summed E-state index contributed by atoms with van der Waals surface area (Å²) in [4.78, 5) is 25.7. The summed E-state index contributed by atoms with van der Waals surface area (Å²) in [5, 5.41) is 28.4. The zero-order chi connectivity index (χ0) is 24.8. The molecule has 0 spiro atoms. The number of nitrogens with zero attached hydrogens (tertiary/aromatic N) is 2. The van der Waals surface area contributed by atoms with Crippen molar-refractivity contribution in [2.24, 2.45) is 5.41 Å². The SMILES string of the molecule is CC(C)(C)[C@H](NC(=O)c1nn(CCCCC(F)(F)F)c2ccccc12)C(=O)NCC(O)CO. The number of benzene rings is 1. The van der Waals surface area contributed by atoms with E-state index in [1.54, 1.807) is 45.0 Å². The van der Waals surface area contributed by atoms with Crippen molar-refractivity contribution in [3.05, 3.63) is 30.0 Å². The minimum absolute atomic E-state index is 0.0504. The number of aliphatic hydroxyl groups is 2. The van der Waals surface area contributed by atoms with E-state index in [1.165, 1.54) is 4.68 Å². The summed E-state index contributed by atoms with van der Waals surface area (Å²) in [7, 11) is 0. The molecule has 0 radical (unpaired) electrons. The molecule has 1 aromatic carbocycles. The van der Waals surface area contributed by atoms with Gasteiger partial charge in [-0.15, -0.1) is 0 Å². The van der Waals surface area contributed by atoms with Crippen LogP contribution < -0.4 is 10.6 Å². The molecule has 0 saturated heterocycles. The first kappa shape index (κ1) is 26.6. The quantitative estimate of drug-likeness (QED) is 0.396. The van der Waals surface area contributed by atoms with E-state index in [-0.39, 0.29) is 31.6 Å². The number of unbranched alkanes of at least 4 members (excludes halogenated alkanes) is 1. The van der Waals surface area contributed by atoms with Gasteiger partial charge in [-0.2, -0.15) is 18.3 Å². The number of fused-ring (bicyclic) bond motifs is 1. The predicted octanol–water partition coefficient (Wildman–Crippen LogP) is 2.38. The number of carbonyl (C=O) groups is 2. The highest BCUT2D eigenvalue weighted by atomic mass is 19.4. The summed E-state index contributed by atoms with van der Waals surface area (Å²) in [5.74, 6) is -1.13. The molecule has 2 aromatic rings. The van der Waals surface area contributed by atoms with Crippen LogP contribution in [-0.2, 0) is 11.3 Å². The van der Waals surface area contributed by atoms with Gasteiger partial charge in [0, 0.05) is 24.9 Å². The number of rotatable bonds is 10. The number of carbonyl (C=O) groups excluding carboxylic acids is 2.